The van der Waals surface area contributed by atoms with Crippen LogP contribution in [-0.2, 0) is 19.5 Å². The molecule has 3 aromatic rings. The number of methoxy groups -OCH3 is 2. The number of fused-ring (bicyclic) bond motifs is 1. The second kappa shape index (κ2) is 13.2. The van der Waals surface area contributed by atoms with Gasteiger partial charge in [-0.05, 0) is 63.5 Å². The van der Waals surface area contributed by atoms with Gasteiger partial charge in [-0.2, -0.15) is 4.31 Å². The Morgan fingerprint density at radius 2 is 1.56 bits per heavy atom. The van der Waals surface area contributed by atoms with E-state index in [1.54, 1.807) is 17.0 Å². The van der Waals surface area contributed by atoms with Crippen molar-refractivity contribution in [3.05, 3.63) is 54.1 Å². The van der Waals surface area contributed by atoms with E-state index < -0.39 is 10.0 Å². The third-order valence-corrected chi connectivity index (χ3v) is 8.55. The molecule has 9 nitrogen and oxygen atoms in total. The minimum atomic E-state index is -3.77. The lowest BCUT2D eigenvalue weighted by Crippen LogP contribution is -2.36. The molecular formula is C25H34N4O5S2. The van der Waals surface area contributed by atoms with Gasteiger partial charge in [-0.25, -0.2) is 13.4 Å². The standard InChI is InChI=1S/C25H34N4O5S2/c1-27(2)14-7-15-29(25-26-22-8-5-6-9-23(22)35-25)24(30)20-10-12-21(13-11-20)36(31,32)28(16-18-33-3)17-19-34-4/h5-6,8-13H,7,14-19H2,1-4H3. The van der Waals surface area contributed by atoms with Crippen LogP contribution in [0.25, 0.3) is 10.2 Å². The largest absolute Gasteiger partial charge is 0.383 e. The average molecular weight is 535 g/mol. The molecule has 11 heteroatoms. The van der Waals surface area contributed by atoms with Gasteiger partial charge in [0.2, 0.25) is 10.0 Å². The number of aromatic nitrogens is 1. The molecule has 0 N–H and O–H groups in total. The number of ether oxygens (including phenoxy) is 2. The van der Waals surface area contributed by atoms with Gasteiger partial charge in [0.05, 0.1) is 28.3 Å². The summed E-state index contributed by atoms with van der Waals surface area (Å²) < 4.78 is 38.8. The number of benzene rings is 2. The third kappa shape index (κ3) is 7.09. The summed E-state index contributed by atoms with van der Waals surface area (Å²) in [5, 5.41) is 0.627. The summed E-state index contributed by atoms with van der Waals surface area (Å²) in [5.41, 5.74) is 1.25. The molecule has 0 bridgehead atoms. The van der Waals surface area contributed by atoms with Crippen LogP contribution < -0.4 is 4.90 Å². The Balaban J connectivity index is 1.86. The average Bonchev–Trinajstić information content (AvgIpc) is 3.30. The zero-order valence-electron chi connectivity index (χ0n) is 21.2. The summed E-state index contributed by atoms with van der Waals surface area (Å²) in [6.07, 6.45) is 0.773. The van der Waals surface area contributed by atoms with E-state index in [2.05, 4.69) is 9.88 Å². The van der Waals surface area contributed by atoms with Crippen LogP contribution in [0.1, 0.15) is 16.8 Å². The van der Waals surface area contributed by atoms with Crippen molar-refractivity contribution in [3.63, 3.8) is 0 Å². The van der Waals surface area contributed by atoms with Crippen LogP contribution in [0.15, 0.2) is 53.4 Å². The van der Waals surface area contributed by atoms with Crippen LogP contribution in [-0.4, -0.2) is 96.2 Å². The van der Waals surface area contributed by atoms with Crippen LogP contribution in [0.4, 0.5) is 5.13 Å². The van der Waals surface area contributed by atoms with Crippen molar-refractivity contribution < 1.29 is 22.7 Å². The van der Waals surface area contributed by atoms with E-state index in [-0.39, 0.29) is 37.1 Å². The van der Waals surface area contributed by atoms with Gasteiger partial charge in [0.15, 0.2) is 5.13 Å². The molecule has 0 aliphatic carbocycles. The van der Waals surface area contributed by atoms with Crippen LogP contribution in [0, 0.1) is 0 Å². The van der Waals surface area contributed by atoms with Crippen molar-refractivity contribution in [1.82, 2.24) is 14.2 Å². The number of carbonyl (C=O) groups is 1. The fourth-order valence-electron chi connectivity index (χ4n) is 3.62. The smallest absolute Gasteiger partial charge is 0.260 e. The molecule has 0 fully saturated rings. The summed E-state index contributed by atoms with van der Waals surface area (Å²) in [4.78, 5) is 22.1. The summed E-state index contributed by atoms with van der Waals surface area (Å²) in [7, 11) is 3.26. The van der Waals surface area contributed by atoms with Crippen molar-refractivity contribution >= 4 is 42.6 Å². The SMILES string of the molecule is COCCN(CCOC)S(=O)(=O)c1ccc(C(=O)N(CCCN(C)C)c2nc3ccccc3s2)cc1. The number of anilines is 1. The van der Waals surface area contributed by atoms with Crippen LogP contribution in [0.3, 0.4) is 0 Å². The zero-order chi connectivity index (χ0) is 26.1. The topological polar surface area (TPSA) is 92.3 Å². The summed E-state index contributed by atoms with van der Waals surface area (Å²) in [5.74, 6) is -0.215. The minimum absolute atomic E-state index is 0.116. The molecule has 0 atom stereocenters. The van der Waals surface area contributed by atoms with Crippen molar-refractivity contribution in [1.29, 1.82) is 0 Å². The molecular weight excluding hydrogens is 500 g/mol. The molecule has 36 heavy (non-hydrogen) atoms. The maximum Gasteiger partial charge on any atom is 0.260 e. The number of nitrogens with zero attached hydrogens (tertiary/aromatic N) is 4. The highest BCUT2D eigenvalue weighted by Gasteiger charge is 2.26. The lowest BCUT2D eigenvalue weighted by Gasteiger charge is -2.22. The molecule has 0 spiro atoms. The quantitative estimate of drug-likeness (QED) is 0.314. The Bertz CT molecular complexity index is 1190. The van der Waals surface area contributed by atoms with Gasteiger partial charge in [0.25, 0.3) is 5.91 Å². The molecule has 0 aliphatic rings. The fraction of sp³-hybridized carbons (Fsp3) is 0.440. The molecule has 2 aromatic carbocycles. The number of para-hydroxylation sites is 1. The maximum atomic E-state index is 13.6. The third-order valence-electron chi connectivity index (χ3n) is 5.57. The second-order valence-electron chi connectivity index (χ2n) is 8.49. The Labute approximate surface area is 217 Å². The van der Waals surface area contributed by atoms with Gasteiger partial charge in [-0.3, -0.25) is 9.69 Å². The predicted octanol–water partition coefficient (Wildman–Crippen LogP) is 3.18. The first-order chi connectivity index (χ1) is 17.3. The van der Waals surface area contributed by atoms with E-state index in [1.807, 2.05) is 38.4 Å². The molecule has 0 saturated heterocycles. The van der Waals surface area contributed by atoms with E-state index >= 15 is 0 Å². The van der Waals surface area contributed by atoms with Gasteiger partial charge < -0.3 is 14.4 Å². The molecule has 0 aliphatic heterocycles. The Morgan fingerprint density at radius 3 is 2.14 bits per heavy atom. The number of rotatable bonds is 14. The first-order valence-corrected chi connectivity index (χ1v) is 13.9. The second-order valence-corrected chi connectivity index (χ2v) is 11.4. The summed E-state index contributed by atoms with van der Waals surface area (Å²) in [6, 6.07) is 13.9. The molecule has 1 heterocycles. The van der Waals surface area contributed by atoms with E-state index in [1.165, 1.54) is 42.0 Å². The van der Waals surface area contributed by atoms with Crippen molar-refractivity contribution in [3.8, 4) is 0 Å². The molecule has 1 amide bonds. The zero-order valence-corrected chi connectivity index (χ0v) is 22.8. The number of hydrogen-bond donors (Lipinski definition) is 0. The number of sulfonamides is 1. The number of carbonyl (C=O) groups excluding carboxylic acids is 1. The first-order valence-electron chi connectivity index (χ1n) is 11.7. The lowest BCUT2D eigenvalue weighted by molar-refractivity contribution is 0.0986. The van der Waals surface area contributed by atoms with Gasteiger partial charge in [-0.15, -0.1) is 0 Å². The molecule has 3 rings (SSSR count). The van der Waals surface area contributed by atoms with Crippen molar-refractivity contribution in [2.75, 3.05) is 72.6 Å². The van der Waals surface area contributed by atoms with E-state index in [0.717, 1.165) is 23.2 Å². The number of amides is 1. The van der Waals surface area contributed by atoms with E-state index in [0.29, 0.717) is 17.2 Å². The normalized spacial score (nSPS) is 12.1. The Morgan fingerprint density at radius 1 is 0.917 bits per heavy atom. The molecule has 0 saturated carbocycles. The summed E-state index contributed by atoms with van der Waals surface area (Å²) >= 11 is 1.47. The Kier molecular flexibility index (Phi) is 10.3. The number of thiazole rings is 1. The minimum Gasteiger partial charge on any atom is -0.383 e. The highest BCUT2D eigenvalue weighted by Crippen LogP contribution is 2.30. The molecule has 0 unspecified atom stereocenters. The summed E-state index contributed by atoms with van der Waals surface area (Å²) in [6.45, 7) is 2.27. The number of hydrogen-bond acceptors (Lipinski definition) is 8. The monoisotopic (exact) mass is 534 g/mol. The van der Waals surface area contributed by atoms with Gasteiger partial charge in [-0.1, -0.05) is 23.5 Å². The predicted molar refractivity (Wildman–Crippen MR) is 143 cm³/mol. The fourth-order valence-corrected chi connectivity index (χ4v) is 6.02. The highest BCUT2D eigenvalue weighted by molar-refractivity contribution is 7.89. The lowest BCUT2D eigenvalue weighted by atomic mass is 10.2. The van der Waals surface area contributed by atoms with Crippen molar-refractivity contribution in [2.45, 2.75) is 11.3 Å². The van der Waals surface area contributed by atoms with Crippen LogP contribution in [0.5, 0.6) is 0 Å². The van der Waals surface area contributed by atoms with Crippen LogP contribution in [0.2, 0.25) is 0 Å². The highest BCUT2D eigenvalue weighted by atomic mass is 32.2. The van der Waals surface area contributed by atoms with Crippen LogP contribution >= 0.6 is 11.3 Å². The molecule has 1 aromatic heterocycles. The van der Waals surface area contributed by atoms with Gasteiger partial charge in [0, 0.05) is 39.4 Å². The molecule has 0 radical (unpaired) electrons. The van der Waals surface area contributed by atoms with E-state index in [9.17, 15) is 13.2 Å². The Hall–Kier alpha value is -2.41. The van der Waals surface area contributed by atoms with Gasteiger partial charge >= 0.3 is 0 Å². The van der Waals surface area contributed by atoms with E-state index in [4.69, 9.17) is 9.47 Å². The molecule has 196 valence electrons. The van der Waals surface area contributed by atoms with Gasteiger partial charge in [0.1, 0.15) is 0 Å². The first kappa shape index (κ1) is 28.2. The van der Waals surface area contributed by atoms with Crippen molar-refractivity contribution in [2.24, 2.45) is 0 Å². The maximum absolute atomic E-state index is 13.6.